The minimum atomic E-state index is -3.56. The fraction of sp³-hybridized carbons (Fsp3) is 0.316. The van der Waals surface area contributed by atoms with Crippen molar-refractivity contribution in [2.24, 2.45) is 0 Å². The molecule has 0 radical (unpaired) electrons. The van der Waals surface area contributed by atoms with Crippen LogP contribution in [0.15, 0.2) is 34.2 Å². The highest BCUT2D eigenvalue weighted by Crippen LogP contribution is 2.24. The monoisotopic (exact) mass is 418 g/mol. The molecule has 1 N–H and O–H groups in total. The maximum absolute atomic E-state index is 12.4. The Kier molecular flexibility index (Phi) is 4.73. The highest BCUT2D eigenvalue weighted by atomic mass is 35.5. The number of rotatable bonds is 3. The van der Waals surface area contributed by atoms with E-state index in [4.69, 9.17) is 11.6 Å². The van der Waals surface area contributed by atoms with E-state index in [-0.39, 0.29) is 5.16 Å². The van der Waals surface area contributed by atoms with Crippen LogP contribution in [-0.2, 0) is 29.3 Å². The van der Waals surface area contributed by atoms with Crippen LogP contribution >= 0.6 is 11.6 Å². The van der Waals surface area contributed by atoms with Gasteiger partial charge in [-0.25, -0.2) is 18.4 Å². The lowest BCUT2D eigenvalue weighted by molar-refractivity contribution is 0.240. The molecule has 0 saturated carbocycles. The molecule has 1 aromatic carbocycles. The molecule has 3 heterocycles. The lowest BCUT2D eigenvalue weighted by atomic mass is 10.1. The van der Waals surface area contributed by atoms with Gasteiger partial charge in [0.2, 0.25) is 15.0 Å². The molecule has 9 heteroatoms. The Bertz CT molecular complexity index is 1250. The van der Waals surface area contributed by atoms with E-state index in [0.717, 1.165) is 28.3 Å². The summed E-state index contributed by atoms with van der Waals surface area (Å²) in [5, 5.41) is 1.19. The van der Waals surface area contributed by atoms with Gasteiger partial charge in [0.05, 0.1) is 16.8 Å². The van der Waals surface area contributed by atoms with E-state index in [1.165, 1.54) is 0 Å². The number of aromatic nitrogens is 3. The molecule has 3 aromatic rings. The van der Waals surface area contributed by atoms with Crippen molar-refractivity contribution in [2.45, 2.75) is 31.6 Å². The first-order chi connectivity index (χ1) is 13.2. The number of aromatic amines is 1. The number of sulfone groups is 1. The van der Waals surface area contributed by atoms with E-state index in [2.05, 4.69) is 19.9 Å². The second-order valence-electron chi connectivity index (χ2n) is 7.16. The molecule has 146 valence electrons. The minimum Gasteiger partial charge on any atom is -0.297 e. The molecule has 0 fully saturated rings. The summed E-state index contributed by atoms with van der Waals surface area (Å²) in [6, 6.07) is 8.06. The van der Waals surface area contributed by atoms with Gasteiger partial charge in [0.25, 0.3) is 5.56 Å². The van der Waals surface area contributed by atoms with Crippen molar-refractivity contribution in [1.29, 1.82) is 0 Å². The zero-order chi connectivity index (χ0) is 20.1. The highest BCUT2D eigenvalue weighted by Gasteiger charge is 2.24. The van der Waals surface area contributed by atoms with Gasteiger partial charge >= 0.3 is 0 Å². The molecule has 0 bridgehead atoms. The van der Waals surface area contributed by atoms with Crippen molar-refractivity contribution in [3.8, 4) is 0 Å². The smallest absolute Gasteiger partial charge is 0.256 e. The standard InChI is InChI=1S/C19H19ClN4O3S/c1-11-3-4-12-8-13(17(20)21-16(12)7-11)9-24-6-5-15-14(10-24)18(25)23-19(22-15)28(2,26)27/h3-4,7-8H,5-6,9-10H2,1-2H3,(H,22,23,25). The second kappa shape index (κ2) is 6.95. The van der Waals surface area contributed by atoms with Crippen LogP contribution in [0.5, 0.6) is 0 Å². The SMILES string of the molecule is Cc1ccc2cc(CN3CCc4nc(S(C)(=O)=O)[nH]c(=O)c4C3)c(Cl)nc2c1. The summed E-state index contributed by atoms with van der Waals surface area (Å²) in [4.78, 5) is 25.5. The summed E-state index contributed by atoms with van der Waals surface area (Å²) in [5.74, 6) is 0. The van der Waals surface area contributed by atoms with Crippen molar-refractivity contribution in [2.75, 3.05) is 12.8 Å². The molecule has 0 amide bonds. The lowest BCUT2D eigenvalue weighted by Gasteiger charge is -2.27. The van der Waals surface area contributed by atoms with Crippen LogP contribution in [0.2, 0.25) is 5.15 Å². The second-order valence-corrected chi connectivity index (χ2v) is 9.45. The quantitative estimate of drug-likeness (QED) is 0.517. The van der Waals surface area contributed by atoms with Gasteiger partial charge in [0, 0.05) is 43.3 Å². The van der Waals surface area contributed by atoms with Crippen LogP contribution in [0.3, 0.4) is 0 Å². The number of nitrogens with one attached hydrogen (secondary N) is 1. The van der Waals surface area contributed by atoms with Gasteiger partial charge in [-0.15, -0.1) is 0 Å². The van der Waals surface area contributed by atoms with Crippen LogP contribution < -0.4 is 5.56 Å². The molecule has 28 heavy (non-hydrogen) atoms. The first kappa shape index (κ1) is 19.0. The Balaban J connectivity index is 1.62. The molecule has 4 rings (SSSR count). The fourth-order valence-corrected chi connectivity index (χ4v) is 4.18. The molecule has 0 saturated heterocycles. The van der Waals surface area contributed by atoms with Gasteiger partial charge in [0.15, 0.2) is 0 Å². The third-order valence-corrected chi connectivity index (χ3v) is 6.09. The molecular weight excluding hydrogens is 400 g/mol. The fourth-order valence-electron chi connectivity index (χ4n) is 3.42. The number of fused-ring (bicyclic) bond motifs is 2. The van der Waals surface area contributed by atoms with Gasteiger partial charge in [0.1, 0.15) is 5.15 Å². The summed E-state index contributed by atoms with van der Waals surface area (Å²) >= 11 is 6.39. The Hall–Kier alpha value is -2.29. The predicted octanol–water partition coefficient (Wildman–Crippen LogP) is 2.24. The van der Waals surface area contributed by atoms with Gasteiger partial charge in [-0.2, -0.15) is 0 Å². The molecule has 0 aliphatic carbocycles. The van der Waals surface area contributed by atoms with Crippen LogP contribution in [-0.4, -0.2) is 41.1 Å². The van der Waals surface area contributed by atoms with Crippen LogP contribution in [0.1, 0.15) is 22.4 Å². The summed E-state index contributed by atoms with van der Waals surface area (Å²) in [6.07, 6.45) is 1.53. The molecule has 0 unspecified atom stereocenters. The van der Waals surface area contributed by atoms with Crippen molar-refractivity contribution < 1.29 is 8.42 Å². The van der Waals surface area contributed by atoms with E-state index < -0.39 is 15.4 Å². The van der Waals surface area contributed by atoms with Crippen molar-refractivity contribution >= 4 is 32.3 Å². The number of pyridine rings is 1. The van der Waals surface area contributed by atoms with E-state index in [1.807, 2.05) is 31.2 Å². The van der Waals surface area contributed by atoms with Crippen molar-refractivity contribution in [1.82, 2.24) is 19.9 Å². The number of aryl methyl sites for hydroxylation is 1. The molecule has 0 spiro atoms. The third-order valence-electron chi connectivity index (χ3n) is 4.87. The number of benzene rings is 1. The van der Waals surface area contributed by atoms with E-state index in [0.29, 0.717) is 42.5 Å². The topological polar surface area (TPSA) is 96.0 Å². The summed E-state index contributed by atoms with van der Waals surface area (Å²) in [7, 11) is -3.56. The number of hydrogen-bond donors (Lipinski definition) is 1. The highest BCUT2D eigenvalue weighted by molar-refractivity contribution is 7.90. The molecule has 2 aromatic heterocycles. The Labute approximate surface area is 167 Å². The molecule has 1 aliphatic rings. The zero-order valence-corrected chi connectivity index (χ0v) is 17.1. The van der Waals surface area contributed by atoms with E-state index >= 15 is 0 Å². The van der Waals surface area contributed by atoms with Gasteiger partial charge < -0.3 is 0 Å². The first-order valence-corrected chi connectivity index (χ1v) is 11.1. The first-order valence-electron chi connectivity index (χ1n) is 8.81. The maximum Gasteiger partial charge on any atom is 0.256 e. The summed E-state index contributed by atoms with van der Waals surface area (Å²) in [6.45, 7) is 3.58. The average Bonchev–Trinajstić information content (AvgIpc) is 2.62. The molecule has 0 atom stereocenters. The van der Waals surface area contributed by atoms with E-state index in [9.17, 15) is 13.2 Å². The van der Waals surface area contributed by atoms with Crippen LogP contribution in [0, 0.1) is 6.92 Å². The zero-order valence-electron chi connectivity index (χ0n) is 15.5. The number of hydrogen-bond acceptors (Lipinski definition) is 6. The van der Waals surface area contributed by atoms with Crippen molar-refractivity contribution in [3.05, 3.63) is 62.2 Å². The third kappa shape index (κ3) is 3.67. The summed E-state index contributed by atoms with van der Waals surface area (Å²) < 4.78 is 23.4. The molecule has 7 nitrogen and oxygen atoms in total. The van der Waals surface area contributed by atoms with Gasteiger partial charge in [-0.1, -0.05) is 23.7 Å². The number of H-pyrrole nitrogens is 1. The van der Waals surface area contributed by atoms with Gasteiger partial charge in [-0.05, 0) is 24.6 Å². The van der Waals surface area contributed by atoms with Crippen LogP contribution in [0.25, 0.3) is 10.9 Å². The Morgan fingerprint density at radius 1 is 1.25 bits per heavy atom. The number of halogens is 1. The number of nitrogens with zero attached hydrogens (tertiary/aromatic N) is 3. The Morgan fingerprint density at radius 2 is 2.04 bits per heavy atom. The van der Waals surface area contributed by atoms with Crippen molar-refractivity contribution in [3.63, 3.8) is 0 Å². The molecule has 1 aliphatic heterocycles. The largest absolute Gasteiger partial charge is 0.297 e. The summed E-state index contributed by atoms with van der Waals surface area (Å²) in [5.41, 5.74) is 3.49. The molecular formula is C19H19ClN4O3S. The maximum atomic E-state index is 12.4. The normalized spacial score (nSPS) is 15.0. The Morgan fingerprint density at radius 3 is 2.79 bits per heavy atom. The van der Waals surface area contributed by atoms with Crippen LogP contribution in [0.4, 0.5) is 0 Å². The van der Waals surface area contributed by atoms with Gasteiger partial charge in [-0.3, -0.25) is 14.7 Å². The predicted molar refractivity (Wildman–Crippen MR) is 107 cm³/mol. The lowest BCUT2D eigenvalue weighted by Crippen LogP contribution is -2.36. The average molecular weight is 419 g/mol. The van der Waals surface area contributed by atoms with E-state index in [1.54, 1.807) is 0 Å². The minimum absolute atomic E-state index is 0.276.